The van der Waals surface area contributed by atoms with Gasteiger partial charge in [-0.25, -0.2) is 4.79 Å². The Balaban J connectivity index is 2.08. The quantitative estimate of drug-likeness (QED) is 0.667. The first-order valence-corrected chi connectivity index (χ1v) is 8.93. The predicted octanol–water partition coefficient (Wildman–Crippen LogP) is 3.94. The smallest absolute Gasteiger partial charge is 0.339 e. The molecule has 0 radical (unpaired) electrons. The van der Waals surface area contributed by atoms with Gasteiger partial charge in [0.25, 0.3) is 5.91 Å². The van der Waals surface area contributed by atoms with Gasteiger partial charge in [0.05, 0.1) is 32.1 Å². The van der Waals surface area contributed by atoms with E-state index in [0.29, 0.717) is 34.6 Å². The van der Waals surface area contributed by atoms with E-state index >= 15 is 0 Å². The number of hydrogen-bond acceptors (Lipinski definition) is 6. The molecule has 2 aromatic carbocycles. The summed E-state index contributed by atoms with van der Waals surface area (Å²) in [6.07, 6.45) is -1.05. The zero-order chi connectivity index (χ0) is 20.7. The second-order valence-electron chi connectivity index (χ2n) is 5.68. The fourth-order valence-electron chi connectivity index (χ4n) is 2.37. The normalized spacial score (nSPS) is 11.3. The first kappa shape index (κ1) is 21.4. The summed E-state index contributed by atoms with van der Waals surface area (Å²) < 4.78 is 21.1. The molecule has 0 fully saturated rings. The van der Waals surface area contributed by atoms with Crippen molar-refractivity contribution in [3.05, 3.63) is 47.0 Å². The molecule has 0 aliphatic carbocycles. The van der Waals surface area contributed by atoms with Crippen LogP contribution in [0.3, 0.4) is 0 Å². The summed E-state index contributed by atoms with van der Waals surface area (Å²) in [6.45, 7) is 3.70. The number of carbonyl (C=O) groups is 2. The van der Waals surface area contributed by atoms with E-state index in [-0.39, 0.29) is 5.56 Å². The van der Waals surface area contributed by atoms with Crippen molar-refractivity contribution in [2.75, 3.05) is 26.1 Å². The number of benzene rings is 2. The van der Waals surface area contributed by atoms with Crippen LogP contribution in [0.4, 0.5) is 5.69 Å². The van der Waals surface area contributed by atoms with E-state index in [9.17, 15) is 9.59 Å². The maximum Gasteiger partial charge on any atom is 0.339 e. The molecule has 1 N–H and O–H groups in total. The zero-order valence-corrected chi connectivity index (χ0v) is 16.8. The first-order chi connectivity index (χ1) is 13.4. The fourth-order valence-corrected chi connectivity index (χ4v) is 2.54. The molecule has 8 heteroatoms. The monoisotopic (exact) mass is 407 g/mol. The molecule has 1 amide bonds. The van der Waals surface area contributed by atoms with Crippen molar-refractivity contribution < 1.29 is 28.5 Å². The highest BCUT2D eigenvalue weighted by Gasteiger charge is 2.21. The minimum Gasteiger partial charge on any atom is -0.495 e. The molecular formula is C20H22ClNO6. The van der Waals surface area contributed by atoms with Crippen LogP contribution in [0.15, 0.2) is 36.4 Å². The Kier molecular flexibility index (Phi) is 7.52. The molecule has 0 aliphatic heterocycles. The van der Waals surface area contributed by atoms with Gasteiger partial charge in [0.1, 0.15) is 5.75 Å². The maximum atomic E-state index is 12.4. The van der Waals surface area contributed by atoms with E-state index in [0.717, 1.165) is 0 Å². The molecule has 0 unspecified atom stereocenters. The van der Waals surface area contributed by atoms with Crippen LogP contribution in [0.5, 0.6) is 17.2 Å². The van der Waals surface area contributed by atoms with Crippen molar-refractivity contribution in [3.8, 4) is 17.2 Å². The van der Waals surface area contributed by atoms with Crippen LogP contribution in [-0.2, 0) is 9.53 Å². The van der Waals surface area contributed by atoms with Crippen LogP contribution in [0.2, 0.25) is 5.02 Å². The fraction of sp³-hybridized carbons (Fsp3) is 0.300. The van der Waals surface area contributed by atoms with Gasteiger partial charge < -0.3 is 24.3 Å². The zero-order valence-electron chi connectivity index (χ0n) is 16.1. The standard InChI is InChI=1S/C20H22ClNO6/c1-5-27-18-10-13(6-8-17(18)26-4)20(24)28-12(2)19(23)22-15-11-14(21)7-9-16(15)25-3/h6-12H,5H2,1-4H3,(H,22,23)/t12-/m1/s1. The van der Waals surface area contributed by atoms with Crippen molar-refractivity contribution in [3.63, 3.8) is 0 Å². The summed E-state index contributed by atoms with van der Waals surface area (Å²) in [5.41, 5.74) is 0.621. The lowest BCUT2D eigenvalue weighted by Gasteiger charge is -2.16. The van der Waals surface area contributed by atoms with Gasteiger partial charge in [-0.2, -0.15) is 0 Å². The number of methoxy groups -OCH3 is 2. The number of halogens is 1. The summed E-state index contributed by atoms with van der Waals surface area (Å²) in [6, 6.07) is 9.46. The van der Waals surface area contributed by atoms with Gasteiger partial charge in [0, 0.05) is 5.02 Å². The molecule has 28 heavy (non-hydrogen) atoms. The Bertz CT molecular complexity index is 855. The maximum absolute atomic E-state index is 12.4. The average molecular weight is 408 g/mol. The van der Waals surface area contributed by atoms with Crippen molar-refractivity contribution >= 4 is 29.2 Å². The number of hydrogen-bond donors (Lipinski definition) is 1. The molecular weight excluding hydrogens is 386 g/mol. The first-order valence-electron chi connectivity index (χ1n) is 8.55. The van der Waals surface area contributed by atoms with Crippen LogP contribution in [0.1, 0.15) is 24.2 Å². The van der Waals surface area contributed by atoms with Crippen molar-refractivity contribution in [2.45, 2.75) is 20.0 Å². The molecule has 0 heterocycles. The molecule has 0 spiro atoms. The van der Waals surface area contributed by atoms with Gasteiger partial charge >= 0.3 is 5.97 Å². The molecule has 2 aromatic rings. The molecule has 0 bridgehead atoms. The molecule has 2 rings (SSSR count). The second-order valence-corrected chi connectivity index (χ2v) is 6.12. The third-order valence-corrected chi connectivity index (χ3v) is 4.01. The lowest BCUT2D eigenvalue weighted by Crippen LogP contribution is -2.30. The van der Waals surface area contributed by atoms with Crippen molar-refractivity contribution in [1.29, 1.82) is 0 Å². The van der Waals surface area contributed by atoms with E-state index in [4.69, 9.17) is 30.5 Å². The SMILES string of the molecule is CCOc1cc(C(=O)O[C@H](C)C(=O)Nc2cc(Cl)ccc2OC)ccc1OC. The average Bonchev–Trinajstić information content (AvgIpc) is 2.68. The molecule has 0 saturated carbocycles. The highest BCUT2D eigenvalue weighted by molar-refractivity contribution is 6.31. The van der Waals surface area contributed by atoms with E-state index in [1.54, 1.807) is 24.3 Å². The minimum atomic E-state index is -1.05. The Hall–Kier alpha value is -2.93. The van der Waals surface area contributed by atoms with E-state index in [1.165, 1.54) is 33.3 Å². The highest BCUT2D eigenvalue weighted by Crippen LogP contribution is 2.29. The van der Waals surface area contributed by atoms with Crippen LogP contribution in [0.25, 0.3) is 0 Å². The van der Waals surface area contributed by atoms with E-state index in [1.807, 2.05) is 6.92 Å². The van der Waals surface area contributed by atoms with Gasteiger partial charge in [-0.3, -0.25) is 4.79 Å². The van der Waals surface area contributed by atoms with E-state index in [2.05, 4.69) is 5.32 Å². The third kappa shape index (κ3) is 5.29. The number of esters is 1. The molecule has 1 atom stereocenters. The molecule has 0 aliphatic rings. The largest absolute Gasteiger partial charge is 0.495 e. The van der Waals surface area contributed by atoms with E-state index < -0.39 is 18.0 Å². The summed E-state index contributed by atoms with van der Waals surface area (Å²) >= 11 is 5.95. The van der Waals surface area contributed by atoms with Crippen LogP contribution >= 0.6 is 11.6 Å². The number of carbonyl (C=O) groups excluding carboxylic acids is 2. The number of anilines is 1. The Morgan fingerprint density at radius 3 is 2.36 bits per heavy atom. The van der Waals surface area contributed by atoms with Crippen LogP contribution in [0, 0.1) is 0 Å². The van der Waals surface area contributed by atoms with Crippen molar-refractivity contribution in [2.24, 2.45) is 0 Å². The van der Waals surface area contributed by atoms with Gasteiger partial charge in [0.2, 0.25) is 0 Å². The Labute approximate surface area is 168 Å². The Morgan fingerprint density at radius 2 is 1.71 bits per heavy atom. The number of nitrogens with one attached hydrogen (secondary N) is 1. The minimum absolute atomic E-state index is 0.240. The molecule has 150 valence electrons. The van der Waals surface area contributed by atoms with Crippen molar-refractivity contribution in [1.82, 2.24) is 0 Å². The summed E-state index contributed by atoms with van der Waals surface area (Å²) in [4.78, 5) is 24.8. The molecule has 7 nitrogen and oxygen atoms in total. The summed E-state index contributed by atoms with van der Waals surface area (Å²) in [5.74, 6) is 0.169. The van der Waals surface area contributed by atoms with Gasteiger partial charge in [-0.1, -0.05) is 11.6 Å². The summed E-state index contributed by atoms with van der Waals surface area (Å²) in [7, 11) is 2.98. The van der Waals surface area contributed by atoms with Gasteiger partial charge in [-0.15, -0.1) is 0 Å². The second kappa shape index (κ2) is 9.85. The summed E-state index contributed by atoms with van der Waals surface area (Å²) in [5, 5.41) is 3.07. The number of rotatable bonds is 8. The molecule has 0 aromatic heterocycles. The van der Waals surface area contributed by atoms with Gasteiger partial charge in [0.15, 0.2) is 17.6 Å². The highest BCUT2D eigenvalue weighted by atomic mass is 35.5. The van der Waals surface area contributed by atoms with Crippen LogP contribution in [-0.4, -0.2) is 38.8 Å². The third-order valence-electron chi connectivity index (χ3n) is 3.77. The Morgan fingerprint density at radius 1 is 1.04 bits per heavy atom. The lowest BCUT2D eigenvalue weighted by molar-refractivity contribution is -0.123. The molecule has 0 saturated heterocycles. The number of amides is 1. The predicted molar refractivity (Wildman–Crippen MR) is 106 cm³/mol. The topological polar surface area (TPSA) is 83.1 Å². The number of ether oxygens (including phenoxy) is 4. The lowest BCUT2D eigenvalue weighted by atomic mass is 10.2. The van der Waals surface area contributed by atoms with Crippen LogP contribution < -0.4 is 19.5 Å². The van der Waals surface area contributed by atoms with Gasteiger partial charge in [-0.05, 0) is 50.2 Å².